The van der Waals surface area contributed by atoms with Gasteiger partial charge in [-0.15, -0.1) is 0 Å². The standard InChI is InChI=1S/C13H25NO4.O2S/c1-9-5-6-13(17,10(15)7-9)8-14-11(16)18-12(2,3)4;1-3-2/h9-10,15,17H,5-8H2,1-4H3,(H,14,16);/t9-,10-,13-;/m1./s1. The molecule has 1 amide bonds. The minimum absolute atomic E-state index is 0.0236. The molecule has 1 aliphatic carbocycles. The van der Waals surface area contributed by atoms with Crippen LogP contribution in [0.2, 0.25) is 0 Å². The lowest BCUT2D eigenvalue weighted by atomic mass is 9.77. The van der Waals surface area contributed by atoms with Gasteiger partial charge in [0.05, 0.1) is 12.6 Å². The average molecular weight is 323 g/mol. The predicted octanol–water partition coefficient (Wildman–Crippen LogP) is 0.753. The zero-order valence-electron chi connectivity index (χ0n) is 12.9. The molecule has 0 saturated heterocycles. The number of ether oxygens (including phenoxy) is 1. The number of alkyl carbamates (subject to hydrolysis) is 1. The SMILES string of the molecule is C[C@@H]1CC[C@@](O)(CNC(=O)OC(C)(C)C)[C@H](O)C1.O=S=O. The Bertz CT molecular complexity index is 377. The number of aliphatic hydroxyl groups is 2. The summed E-state index contributed by atoms with van der Waals surface area (Å²) in [5.41, 5.74) is -1.80. The van der Waals surface area contributed by atoms with E-state index in [1.165, 1.54) is 0 Å². The van der Waals surface area contributed by atoms with Crippen molar-refractivity contribution in [3.63, 3.8) is 0 Å². The second kappa shape index (κ2) is 8.45. The molecule has 0 aromatic carbocycles. The molecule has 1 fully saturated rings. The van der Waals surface area contributed by atoms with Crippen molar-refractivity contribution >= 4 is 17.7 Å². The van der Waals surface area contributed by atoms with Crippen LogP contribution < -0.4 is 5.32 Å². The van der Waals surface area contributed by atoms with Gasteiger partial charge in [-0.2, -0.15) is 8.42 Å². The quantitative estimate of drug-likeness (QED) is 0.691. The molecule has 1 aliphatic rings. The molecule has 0 bridgehead atoms. The first-order valence-corrected chi connectivity index (χ1v) is 7.50. The third-order valence-electron chi connectivity index (χ3n) is 3.25. The maximum atomic E-state index is 11.5. The maximum Gasteiger partial charge on any atom is 0.407 e. The van der Waals surface area contributed by atoms with Gasteiger partial charge in [-0.25, -0.2) is 4.79 Å². The fraction of sp³-hybridized carbons (Fsp3) is 0.923. The van der Waals surface area contributed by atoms with Gasteiger partial charge in [0, 0.05) is 0 Å². The molecular formula is C13H25NO6S. The Morgan fingerprint density at radius 1 is 1.43 bits per heavy atom. The van der Waals surface area contributed by atoms with Crippen molar-refractivity contribution in [1.82, 2.24) is 5.32 Å². The zero-order chi connectivity index (χ0) is 16.7. The van der Waals surface area contributed by atoms with Gasteiger partial charge in [-0.1, -0.05) is 6.92 Å². The van der Waals surface area contributed by atoms with Gasteiger partial charge in [-0.05, 0) is 46.0 Å². The molecule has 0 unspecified atom stereocenters. The van der Waals surface area contributed by atoms with Gasteiger partial charge >= 0.3 is 17.7 Å². The van der Waals surface area contributed by atoms with Crippen molar-refractivity contribution in [2.24, 2.45) is 5.92 Å². The largest absolute Gasteiger partial charge is 0.444 e. The van der Waals surface area contributed by atoms with Crippen LogP contribution in [0.5, 0.6) is 0 Å². The highest BCUT2D eigenvalue weighted by Gasteiger charge is 2.40. The summed E-state index contributed by atoms with van der Waals surface area (Å²) in [6.07, 6.45) is 0.541. The Balaban J connectivity index is 0.00000122. The molecule has 3 N–H and O–H groups in total. The number of nitrogens with one attached hydrogen (secondary N) is 1. The first kappa shape index (κ1) is 20.0. The summed E-state index contributed by atoms with van der Waals surface area (Å²) < 4.78 is 21.7. The molecule has 0 aromatic heterocycles. The minimum atomic E-state index is -1.23. The van der Waals surface area contributed by atoms with Crippen molar-refractivity contribution < 1.29 is 28.2 Å². The maximum absolute atomic E-state index is 11.5. The van der Waals surface area contributed by atoms with Crippen molar-refractivity contribution in [3.8, 4) is 0 Å². The third kappa shape index (κ3) is 8.13. The van der Waals surface area contributed by atoms with Gasteiger partial charge in [-0.3, -0.25) is 0 Å². The summed E-state index contributed by atoms with van der Waals surface area (Å²) in [6, 6.07) is 0. The van der Waals surface area contributed by atoms with E-state index in [9.17, 15) is 15.0 Å². The van der Waals surface area contributed by atoms with Crippen molar-refractivity contribution in [3.05, 3.63) is 0 Å². The molecule has 0 aliphatic heterocycles. The number of hydrogen-bond donors (Lipinski definition) is 3. The van der Waals surface area contributed by atoms with E-state index in [0.717, 1.165) is 6.42 Å². The van der Waals surface area contributed by atoms with E-state index in [1.54, 1.807) is 20.8 Å². The molecule has 0 radical (unpaired) electrons. The Morgan fingerprint density at radius 2 is 1.95 bits per heavy atom. The van der Waals surface area contributed by atoms with Crippen molar-refractivity contribution in [1.29, 1.82) is 0 Å². The highest BCUT2D eigenvalue weighted by atomic mass is 32.1. The summed E-state index contributed by atoms with van der Waals surface area (Å²) in [6.45, 7) is 7.40. The number of hydrogen-bond acceptors (Lipinski definition) is 6. The van der Waals surface area contributed by atoms with Crippen LogP contribution in [-0.4, -0.2) is 48.6 Å². The van der Waals surface area contributed by atoms with E-state index in [-0.39, 0.29) is 6.54 Å². The molecule has 1 rings (SSSR count). The molecular weight excluding hydrogens is 298 g/mol. The summed E-state index contributed by atoms with van der Waals surface area (Å²) in [5, 5.41) is 22.7. The lowest BCUT2D eigenvalue weighted by Gasteiger charge is -2.39. The first-order chi connectivity index (χ1) is 9.54. The Morgan fingerprint density at radius 3 is 2.38 bits per heavy atom. The monoisotopic (exact) mass is 323 g/mol. The Labute approximate surface area is 128 Å². The number of rotatable bonds is 2. The fourth-order valence-corrected chi connectivity index (χ4v) is 2.13. The van der Waals surface area contributed by atoms with E-state index in [1.807, 2.05) is 6.92 Å². The smallest absolute Gasteiger partial charge is 0.407 e. The van der Waals surface area contributed by atoms with Crippen LogP contribution in [-0.2, 0) is 16.3 Å². The predicted molar refractivity (Wildman–Crippen MR) is 77.1 cm³/mol. The molecule has 124 valence electrons. The lowest BCUT2D eigenvalue weighted by molar-refractivity contribution is -0.107. The third-order valence-corrected chi connectivity index (χ3v) is 3.25. The lowest BCUT2D eigenvalue weighted by Crippen LogP contribution is -2.54. The van der Waals surface area contributed by atoms with E-state index >= 15 is 0 Å². The molecule has 0 spiro atoms. The average Bonchev–Trinajstić information content (AvgIpc) is 2.31. The van der Waals surface area contributed by atoms with Gasteiger partial charge in [0.15, 0.2) is 0 Å². The van der Waals surface area contributed by atoms with Gasteiger partial charge in [0.1, 0.15) is 11.2 Å². The van der Waals surface area contributed by atoms with Gasteiger partial charge in [0.25, 0.3) is 0 Å². The van der Waals surface area contributed by atoms with Crippen molar-refractivity contribution in [2.75, 3.05) is 6.54 Å². The van der Waals surface area contributed by atoms with E-state index in [2.05, 4.69) is 5.32 Å². The first-order valence-electron chi connectivity index (χ1n) is 6.83. The van der Waals surface area contributed by atoms with Crippen LogP contribution in [0, 0.1) is 5.92 Å². The molecule has 21 heavy (non-hydrogen) atoms. The highest BCUT2D eigenvalue weighted by Crippen LogP contribution is 2.31. The van der Waals surface area contributed by atoms with Crippen LogP contribution in [0.4, 0.5) is 4.79 Å². The highest BCUT2D eigenvalue weighted by molar-refractivity contribution is 7.51. The van der Waals surface area contributed by atoms with E-state index < -0.39 is 35.0 Å². The minimum Gasteiger partial charge on any atom is -0.444 e. The molecule has 0 aromatic rings. The zero-order valence-corrected chi connectivity index (χ0v) is 13.7. The van der Waals surface area contributed by atoms with Gasteiger partial charge in [0.2, 0.25) is 0 Å². The van der Waals surface area contributed by atoms with Crippen LogP contribution in [0.25, 0.3) is 0 Å². The summed E-state index contributed by atoms with van der Waals surface area (Å²) in [4.78, 5) is 11.5. The second-order valence-corrected chi connectivity index (χ2v) is 6.56. The molecule has 7 nitrogen and oxygen atoms in total. The number of amides is 1. The molecule has 0 heterocycles. The second-order valence-electron chi connectivity index (χ2n) is 6.42. The van der Waals surface area contributed by atoms with Crippen molar-refractivity contribution in [2.45, 2.75) is 64.3 Å². The fourth-order valence-electron chi connectivity index (χ4n) is 2.13. The van der Waals surface area contributed by atoms with E-state index in [4.69, 9.17) is 13.2 Å². The number of aliphatic hydroxyl groups excluding tert-OH is 1. The molecule has 1 saturated carbocycles. The summed E-state index contributed by atoms with van der Waals surface area (Å²) in [7, 11) is 0. The summed E-state index contributed by atoms with van der Waals surface area (Å²) in [5.74, 6) is 0.404. The van der Waals surface area contributed by atoms with Crippen LogP contribution >= 0.6 is 0 Å². The summed E-state index contributed by atoms with van der Waals surface area (Å²) >= 11 is -0.750. The molecule has 3 atom stereocenters. The van der Waals surface area contributed by atoms with Crippen LogP contribution in [0.3, 0.4) is 0 Å². The van der Waals surface area contributed by atoms with E-state index in [0.29, 0.717) is 18.8 Å². The normalized spacial score (nSPS) is 28.9. The van der Waals surface area contributed by atoms with Crippen LogP contribution in [0.15, 0.2) is 0 Å². The van der Waals surface area contributed by atoms with Crippen LogP contribution in [0.1, 0.15) is 47.0 Å². The van der Waals surface area contributed by atoms with Gasteiger partial charge < -0.3 is 20.3 Å². The Kier molecular flexibility index (Phi) is 8.05. The number of carbonyl (C=O) groups is 1. The Hall–Kier alpha value is -0.990. The number of carbonyl (C=O) groups excluding carboxylic acids is 1. The topological polar surface area (TPSA) is 113 Å². The molecule has 8 heteroatoms.